The van der Waals surface area contributed by atoms with Gasteiger partial charge in [0.15, 0.2) is 0 Å². The van der Waals surface area contributed by atoms with Crippen molar-refractivity contribution in [2.24, 2.45) is 5.14 Å². The number of hydrogen-bond donors (Lipinski definition) is 2. The molecule has 4 nitrogen and oxygen atoms in total. The van der Waals surface area contributed by atoms with Crippen molar-refractivity contribution in [3.63, 3.8) is 0 Å². The maximum Gasteiger partial charge on any atom is 0.240 e. The van der Waals surface area contributed by atoms with Gasteiger partial charge in [-0.25, -0.2) is 13.6 Å². The Kier molecular flexibility index (Phi) is 2.13. The zero-order valence-corrected chi connectivity index (χ0v) is 9.39. The lowest BCUT2D eigenvalue weighted by Gasteiger charge is -1.97. The highest BCUT2D eigenvalue weighted by atomic mass is 79.9. The van der Waals surface area contributed by atoms with Gasteiger partial charge in [-0.15, -0.1) is 0 Å². The third kappa shape index (κ3) is 1.45. The van der Waals surface area contributed by atoms with Gasteiger partial charge in [-0.1, -0.05) is 22.0 Å². The third-order valence-corrected chi connectivity index (χ3v) is 3.52. The van der Waals surface area contributed by atoms with E-state index in [9.17, 15) is 8.42 Å². The number of hydrogen-bond acceptors (Lipinski definition) is 2. The molecule has 6 heteroatoms. The minimum Gasteiger partial charge on any atom is -0.360 e. The molecular weight excluding hydrogens is 268 g/mol. The molecule has 0 fully saturated rings. The number of aromatic amines is 1. The molecule has 1 aromatic heterocycles. The predicted molar refractivity (Wildman–Crippen MR) is 57.4 cm³/mol. The molecule has 3 N–H and O–H groups in total. The van der Waals surface area contributed by atoms with Crippen molar-refractivity contribution >= 4 is 36.9 Å². The second-order valence-electron chi connectivity index (χ2n) is 2.86. The number of fused-ring (bicyclic) bond motifs is 1. The highest BCUT2D eigenvalue weighted by Crippen LogP contribution is 2.28. The van der Waals surface area contributed by atoms with Crippen molar-refractivity contribution in [1.29, 1.82) is 0 Å². The van der Waals surface area contributed by atoms with E-state index in [4.69, 9.17) is 5.14 Å². The van der Waals surface area contributed by atoms with Crippen LogP contribution in [0.2, 0.25) is 0 Å². The fraction of sp³-hybridized carbons (Fsp3) is 0. The normalized spacial score (nSPS) is 12.1. The molecule has 14 heavy (non-hydrogen) atoms. The van der Waals surface area contributed by atoms with Crippen LogP contribution in [0.15, 0.2) is 33.8 Å². The summed E-state index contributed by atoms with van der Waals surface area (Å²) in [5.41, 5.74) is 0.739. The topological polar surface area (TPSA) is 76.0 Å². The molecule has 0 spiro atoms. The first-order chi connectivity index (χ1) is 6.50. The summed E-state index contributed by atoms with van der Waals surface area (Å²) >= 11 is 3.28. The molecule has 74 valence electrons. The summed E-state index contributed by atoms with van der Waals surface area (Å²) in [7, 11) is -3.67. The van der Waals surface area contributed by atoms with Crippen LogP contribution in [-0.2, 0) is 10.0 Å². The second kappa shape index (κ2) is 3.08. The number of aromatic nitrogens is 1. The molecule has 2 aromatic rings. The summed E-state index contributed by atoms with van der Waals surface area (Å²) in [4.78, 5) is 2.96. The van der Waals surface area contributed by atoms with E-state index in [-0.39, 0.29) is 4.90 Å². The number of nitrogens with one attached hydrogen (secondary N) is 1. The predicted octanol–water partition coefficient (Wildman–Crippen LogP) is 1.58. The van der Waals surface area contributed by atoms with Crippen LogP contribution in [0.3, 0.4) is 0 Å². The van der Waals surface area contributed by atoms with Crippen LogP contribution >= 0.6 is 15.9 Å². The lowest BCUT2D eigenvalue weighted by atomic mass is 10.2. The van der Waals surface area contributed by atoms with Gasteiger partial charge in [-0.05, 0) is 12.1 Å². The van der Waals surface area contributed by atoms with E-state index >= 15 is 0 Å². The molecule has 2 rings (SSSR count). The summed E-state index contributed by atoms with van der Waals surface area (Å²) < 4.78 is 23.1. The molecule has 0 aliphatic carbocycles. The largest absolute Gasteiger partial charge is 0.360 e. The van der Waals surface area contributed by atoms with Gasteiger partial charge < -0.3 is 4.98 Å². The van der Waals surface area contributed by atoms with Gasteiger partial charge in [0, 0.05) is 21.6 Å². The van der Waals surface area contributed by atoms with Gasteiger partial charge in [0.1, 0.15) is 4.90 Å². The Morgan fingerprint density at radius 1 is 1.36 bits per heavy atom. The molecule has 0 unspecified atom stereocenters. The Labute approximate surface area is 89.3 Å². The van der Waals surface area contributed by atoms with E-state index in [0.717, 1.165) is 5.52 Å². The Balaban J connectivity index is 2.94. The lowest BCUT2D eigenvalue weighted by Crippen LogP contribution is -2.11. The molecule has 0 amide bonds. The summed E-state index contributed by atoms with van der Waals surface area (Å²) in [5.74, 6) is 0. The van der Waals surface area contributed by atoms with Gasteiger partial charge in [0.25, 0.3) is 0 Å². The highest BCUT2D eigenvalue weighted by Gasteiger charge is 2.15. The van der Waals surface area contributed by atoms with E-state index in [0.29, 0.717) is 9.86 Å². The van der Waals surface area contributed by atoms with E-state index in [2.05, 4.69) is 20.9 Å². The Bertz CT molecular complexity index is 588. The number of sulfonamides is 1. The van der Waals surface area contributed by atoms with Crippen LogP contribution in [0.25, 0.3) is 10.9 Å². The fourth-order valence-electron chi connectivity index (χ4n) is 1.33. The van der Waals surface area contributed by atoms with Gasteiger partial charge in [-0.2, -0.15) is 0 Å². The van der Waals surface area contributed by atoms with Gasteiger partial charge in [0.2, 0.25) is 10.0 Å². The number of primary sulfonamides is 1. The third-order valence-electron chi connectivity index (χ3n) is 1.93. The van der Waals surface area contributed by atoms with Crippen LogP contribution < -0.4 is 5.14 Å². The lowest BCUT2D eigenvalue weighted by molar-refractivity contribution is 0.598. The highest BCUT2D eigenvalue weighted by molar-refractivity contribution is 9.10. The van der Waals surface area contributed by atoms with Crippen LogP contribution in [-0.4, -0.2) is 13.4 Å². The summed E-state index contributed by atoms with van der Waals surface area (Å²) in [6.07, 6.45) is 1.39. The molecule has 0 radical (unpaired) electrons. The summed E-state index contributed by atoms with van der Waals surface area (Å²) in [6.45, 7) is 0. The van der Waals surface area contributed by atoms with E-state index < -0.39 is 10.0 Å². The second-order valence-corrected chi connectivity index (χ2v) is 5.24. The Hall–Kier alpha value is -0.850. The molecule has 0 bridgehead atoms. The SMILES string of the molecule is NS(=O)(=O)c1c[nH]c2cccc(Br)c12. The molecule has 0 aliphatic rings. The number of H-pyrrole nitrogens is 1. The van der Waals surface area contributed by atoms with Crippen molar-refractivity contribution in [3.05, 3.63) is 28.9 Å². The van der Waals surface area contributed by atoms with Crippen molar-refractivity contribution < 1.29 is 8.42 Å². The molecular formula is C8H7BrN2O2S. The van der Waals surface area contributed by atoms with Crippen molar-refractivity contribution in [2.75, 3.05) is 0 Å². The van der Waals surface area contributed by atoms with Crippen LogP contribution in [0.5, 0.6) is 0 Å². The van der Waals surface area contributed by atoms with E-state index in [1.807, 2.05) is 6.07 Å². The van der Waals surface area contributed by atoms with Gasteiger partial charge in [-0.3, -0.25) is 0 Å². The number of benzene rings is 1. The zero-order chi connectivity index (χ0) is 10.3. The zero-order valence-electron chi connectivity index (χ0n) is 6.99. The standard InChI is InChI=1S/C8H7BrN2O2S/c9-5-2-1-3-6-8(5)7(4-11-6)14(10,12)13/h1-4,11H,(H2,10,12,13). The first-order valence-corrected chi connectivity index (χ1v) is 6.12. The number of nitrogens with two attached hydrogens (primary N) is 1. The summed E-state index contributed by atoms with van der Waals surface area (Å²) in [6, 6.07) is 5.37. The fourth-order valence-corrected chi connectivity index (χ4v) is 2.77. The first-order valence-electron chi connectivity index (χ1n) is 3.78. The van der Waals surface area contributed by atoms with Gasteiger partial charge in [0.05, 0.1) is 0 Å². The molecule has 0 aliphatic heterocycles. The molecule has 0 saturated heterocycles. The average molecular weight is 275 g/mol. The number of rotatable bonds is 1. The molecule has 0 saturated carbocycles. The van der Waals surface area contributed by atoms with Crippen LogP contribution in [0.4, 0.5) is 0 Å². The molecule has 0 atom stereocenters. The minimum absolute atomic E-state index is 0.111. The average Bonchev–Trinajstić information content (AvgIpc) is 2.47. The van der Waals surface area contributed by atoms with E-state index in [1.165, 1.54) is 6.20 Å². The Morgan fingerprint density at radius 3 is 2.71 bits per heavy atom. The summed E-state index contributed by atoms with van der Waals surface area (Å²) in [5, 5.41) is 5.66. The van der Waals surface area contributed by atoms with Crippen molar-refractivity contribution in [1.82, 2.24) is 4.98 Å². The maximum atomic E-state index is 11.2. The quantitative estimate of drug-likeness (QED) is 0.829. The smallest absolute Gasteiger partial charge is 0.240 e. The van der Waals surface area contributed by atoms with E-state index in [1.54, 1.807) is 12.1 Å². The van der Waals surface area contributed by atoms with Gasteiger partial charge >= 0.3 is 0 Å². The molecule has 1 aromatic carbocycles. The minimum atomic E-state index is -3.67. The first kappa shape index (κ1) is 9.70. The van der Waals surface area contributed by atoms with Crippen LogP contribution in [0.1, 0.15) is 0 Å². The monoisotopic (exact) mass is 274 g/mol. The Morgan fingerprint density at radius 2 is 2.07 bits per heavy atom. The maximum absolute atomic E-state index is 11.2. The molecule has 1 heterocycles. The van der Waals surface area contributed by atoms with Crippen molar-refractivity contribution in [3.8, 4) is 0 Å². The van der Waals surface area contributed by atoms with Crippen molar-refractivity contribution in [2.45, 2.75) is 4.90 Å². The van der Waals surface area contributed by atoms with Crippen LogP contribution in [0, 0.1) is 0 Å². The number of halogens is 1.